The van der Waals surface area contributed by atoms with Crippen LogP contribution in [0, 0.1) is 5.92 Å². The summed E-state index contributed by atoms with van der Waals surface area (Å²) in [6.45, 7) is 4.49. The number of amides is 1. The first-order valence-electron chi connectivity index (χ1n) is 10.8. The lowest BCUT2D eigenvalue weighted by Gasteiger charge is -2.20. The van der Waals surface area contributed by atoms with Gasteiger partial charge in [0.1, 0.15) is 0 Å². The Hall–Kier alpha value is -0.530. The van der Waals surface area contributed by atoms with E-state index in [1.165, 1.54) is 89.9 Å². The Kier molecular flexibility index (Phi) is 16.9. The van der Waals surface area contributed by atoms with Gasteiger partial charge in [0.2, 0.25) is 5.91 Å². The van der Waals surface area contributed by atoms with Gasteiger partial charge in [-0.2, -0.15) is 0 Å². The van der Waals surface area contributed by atoms with Crippen molar-refractivity contribution in [2.45, 2.75) is 117 Å². The highest BCUT2D eigenvalue weighted by molar-refractivity contribution is 5.78. The van der Waals surface area contributed by atoms with Gasteiger partial charge in [-0.1, -0.05) is 104 Å². The van der Waals surface area contributed by atoms with Crippen LogP contribution in [0.3, 0.4) is 0 Å². The standard InChI is InChI=1S/C22H45NO/c1-5-7-9-10-11-12-13-14-15-16-17-18-20-21(19-8-6-2)22(24)23(3)4/h21H,5-20H2,1-4H3. The van der Waals surface area contributed by atoms with E-state index >= 15 is 0 Å². The number of carbonyl (C=O) groups is 1. The van der Waals surface area contributed by atoms with Gasteiger partial charge in [0, 0.05) is 20.0 Å². The molecule has 0 N–H and O–H groups in total. The van der Waals surface area contributed by atoms with E-state index in [9.17, 15) is 4.79 Å². The summed E-state index contributed by atoms with van der Waals surface area (Å²) in [4.78, 5) is 14.0. The fourth-order valence-electron chi connectivity index (χ4n) is 3.44. The quantitative estimate of drug-likeness (QED) is 0.262. The second kappa shape index (κ2) is 17.3. The van der Waals surface area contributed by atoms with Crippen LogP contribution in [0.25, 0.3) is 0 Å². The van der Waals surface area contributed by atoms with Gasteiger partial charge in [-0.3, -0.25) is 4.79 Å². The van der Waals surface area contributed by atoms with Gasteiger partial charge in [-0.25, -0.2) is 0 Å². The van der Waals surface area contributed by atoms with Crippen LogP contribution in [0.2, 0.25) is 0 Å². The SMILES string of the molecule is CCCCCCCCCCCCCCC(CCCC)C(=O)N(C)C. The van der Waals surface area contributed by atoms with E-state index in [1.54, 1.807) is 4.90 Å². The first kappa shape index (κ1) is 23.5. The molecule has 0 aliphatic heterocycles. The van der Waals surface area contributed by atoms with Crippen LogP contribution < -0.4 is 0 Å². The molecular weight excluding hydrogens is 294 g/mol. The first-order valence-corrected chi connectivity index (χ1v) is 10.8. The highest BCUT2D eigenvalue weighted by atomic mass is 16.2. The zero-order valence-electron chi connectivity index (χ0n) is 17.2. The smallest absolute Gasteiger partial charge is 0.225 e. The normalized spacial score (nSPS) is 12.3. The Labute approximate surface area is 152 Å². The molecule has 0 saturated heterocycles. The van der Waals surface area contributed by atoms with Crippen LogP contribution in [0.5, 0.6) is 0 Å². The van der Waals surface area contributed by atoms with E-state index in [4.69, 9.17) is 0 Å². The summed E-state index contributed by atoms with van der Waals surface area (Å²) in [6.07, 6.45) is 21.1. The Morgan fingerprint density at radius 1 is 0.625 bits per heavy atom. The lowest BCUT2D eigenvalue weighted by atomic mass is 9.94. The van der Waals surface area contributed by atoms with Gasteiger partial charge < -0.3 is 4.90 Å². The third-order valence-corrected chi connectivity index (χ3v) is 5.10. The number of hydrogen-bond acceptors (Lipinski definition) is 1. The summed E-state index contributed by atoms with van der Waals surface area (Å²) in [5.41, 5.74) is 0. The third kappa shape index (κ3) is 13.9. The largest absolute Gasteiger partial charge is 0.349 e. The lowest BCUT2D eigenvalue weighted by molar-refractivity contribution is -0.133. The molecule has 2 heteroatoms. The predicted molar refractivity (Wildman–Crippen MR) is 107 cm³/mol. The van der Waals surface area contributed by atoms with Crippen molar-refractivity contribution in [3.63, 3.8) is 0 Å². The third-order valence-electron chi connectivity index (χ3n) is 5.10. The molecule has 1 unspecified atom stereocenters. The number of nitrogens with zero attached hydrogens (tertiary/aromatic N) is 1. The van der Waals surface area contributed by atoms with Crippen molar-refractivity contribution in [3.8, 4) is 0 Å². The van der Waals surface area contributed by atoms with Gasteiger partial charge in [0.15, 0.2) is 0 Å². The molecule has 0 spiro atoms. The summed E-state index contributed by atoms with van der Waals surface area (Å²) < 4.78 is 0. The Morgan fingerprint density at radius 2 is 1.00 bits per heavy atom. The fourth-order valence-corrected chi connectivity index (χ4v) is 3.44. The van der Waals surface area contributed by atoms with Crippen LogP contribution in [0.4, 0.5) is 0 Å². The Balaban J connectivity index is 3.52. The monoisotopic (exact) mass is 339 g/mol. The molecule has 0 fully saturated rings. The summed E-state index contributed by atoms with van der Waals surface area (Å²) in [7, 11) is 3.78. The molecule has 1 amide bonds. The fraction of sp³-hybridized carbons (Fsp3) is 0.955. The second-order valence-electron chi connectivity index (χ2n) is 7.75. The molecule has 2 nitrogen and oxygen atoms in total. The van der Waals surface area contributed by atoms with E-state index in [0.29, 0.717) is 5.91 Å². The Bertz CT molecular complexity index is 275. The first-order chi connectivity index (χ1) is 11.6. The average Bonchev–Trinajstić information content (AvgIpc) is 2.57. The van der Waals surface area contributed by atoms with E-state index in [-0.39, 0.29) is 5.92 Å². The van der Waals surface area contributed by atoms with Crippen molar-refractivity contribution in [2.75, 3.05) is 14.1 Å². The number of unbranched alkanes of at least 4 members (excludes halogenated alkanes) is 12. The molecule has 0 aromatic heterocycles. The summed E-state index contributed by atoms with van der Waals surface area (Å²) in [5.74, 6) is 0.606. The highest BCUT2D eigenvalue weighted by Crippen LogP contribution is 2.20. The van der Waals surface area contributed by atoms with Crippen LogP contribution >= 0.6 is 0 Å². The van der Waals surface area contributed by atoms with Crippen LogP contribution in [0.15, 0.2) is 0 Å². The van der Waals surface area contributed by atoms with Crippen molar-refractivity contribution in [2.24, 2.45) is 5.92 Å². The molecule has 1 atom stereocenters. The van der Waals surface area contributed by atoms with Crippen molar-refractivity contribution < 1.29 is 4.79 Å². The molecule has 0 aromatic rings. The molecule has 0 saturated carbocycles. The van der Waals surface area contributed by atoms with Gasteiger partial charge in [-0.05, 0) is 12.8 Å². The van der Waals surface area contributed by atoms with Crippen LogP contribution in [-0.4, -0.2) is 24.9 Å². The zero-order chi connectivity index (χ0) is 18.0. The molecule has 0 aromatic carbocycles. The molecule has 0 aliphatic rings. The average molecular weight is 340 g/mol. The molecule has 0 rings (SSSR count). The van der Waals surface area contributed by atoms with Crippen LogP contribution in [-0.2, 0) is 4.79 Å². The molecule has 24 heavy (non-hydrogen) atoms. The van der Waals surface area contributed by atoms with Gasteiger partial charge in [-0.15, -0.1) is 0 Å². The lowest BCUT2D eigenvalue weighted by Crippen LogP contribution is -2.29. The predicted octanol–water partition coefficient (Wildman–Crippen LogP) is 6.97. The van der Waals surface area contributed by atoms with Crippen molar-refractivity contribution in [3.05, 3.63) is 0 Å². The minimum Gasteiger partial charge on any atom is -0.349 e. The maximum Gasteiger partial charge on any atom is 0.225 e. The summed E-state index contributed by atoms with van der Waals surface area (Å²) in [6, 6.07) is 0. The second-order valence-corrected chi connectivity index (χ2v) is 7.75. The molecule has 0 heterocycles. The van der Waals surface area contributed by atoms with E-state index in [2.05, 4.69) is 13.8 Å². The number of rotatable bonds is 17. The molecular formula is C22H45NO. The summed E-state index contributed by atoms with van der Waals surface area (Å²) >= 11 is 0. The van der Waals surface area contributed by atoms with E-state index < -0.39 is 0 Å². The highest BCUT2D eigenvalue weighted by Gasteiger charge is 2.18. The van der Waals surface area contributed by atoms with E-state index in [1.807, 2.05) is 14.1 Å². The molecule has 144 valence electrons. The molecule has 0 radical (unpaired) electrons. The van der Waals surface area contributed by atoms with Gasteiger partial charge >= 0.3 is 0 Å². The van der Waals surface area contributed by atoms with Gasteiger partial charge in [0.25, 0.3) is 0 Å². The molecule has 0 aliphatic carbocycles. The minimum atomic E-state index is 0.267. The minimum absolute atomic E-state index is 0.267. The van der Waals surface area contributed by atoms with Crippen molar-refractivity contribution >= 4 is 5.91 Å². The number of carbonyl (C=O) groups excluding carboxylic acids is 1. The van der Waals surface area contributed by atoms with Crippen molar-refractivity contribution in [1.82, 2.24) is 4.90 Å². The van der Waals surface area contributed by atoms with Crippen molar-refractivity contribution in [1.29, 1.82) is 0 Å². The van der Waals surface area contributed by atoms with Gasteiger partial charge in [0.05, 0.1) is 0 Å². The number of hydrogen-bond donors (Lipinski definition) is 0. The maximum absolute atomic E-state index is 12.2. The zero-order valence-corrected chi connectivity index (χ0v) is 17.2. The van der Waals surface area contributed by atoms with Crippen LogP contribution in [0.1, 0.15) is 117 Å². The Morgan fingerprint density at radius 3 is 1.42 bits per heavy atom. The maximum atomic E-state index is 12.2. The topological polar surface area (TPSA) is 20.3 Å². The van der Waals surface area contributed by atoms with E-state index in [0.717, 1.165) is 12.8 Å². The summed E-state index contributed by atoms with van der Waals surface area (Å²) in [5, 5.41) is 0. The molecule has 0 bridgehead atoms.